The molecule has 0 heterocycles. The number of carbonyl (C=O) groups excluding carboxylic acids is 4. The van der Waals surface area contributed by atoms with Crippen LogP contribution < -0.4 is 0 Å². The molecule has 0 aromatic heterocycles. The standard InChI is InChI=1S/C69H134O17P2/c1-9-60(6)46-38-30-22-18-16-14-12-13-15-17-19-23-35-43-51-68(73)85-64(55-79-66(71)49-41-33-27-25-31-39-47-61(7)10-2)57-83-87(75,76)81-53-63(70)54-82-88(77,78)84-58-65(86-69(74)52-44-36-24-20-21-29-37-45-59(4)5)56-80-67(72)50-42-34-28-26-32-40-48-62(8)11-3/h59-65,70H,9-58H2,1-8H3,(H,75,76)(H,77,78)/t60?,61?,62?,63-,64+,65+/m0/s1. The Morgan fingerprint density at radius 2 is 0.545 bits per heavy atom. The summed E-state index contributed by atoms with van der Waals surface area (Å²) in [4.78, 5) is 72.4. The number of phosphoric ester groups is 2. The molecule has 0 bridgehead atoms. The van der Waals surface area contributed by atoms with E-state index in [1.807, 2.05) is 0 Å². The van der Waals surface area contributed by atoms with Crippen LogP contribution in [0.2, 0.25) is 0 Å². The smallest absolute Gasteiger partial charge is 0.462 e. The van der Waals surface area contributed by atoms with Crippen molar-refractivity contribution < 1.29 is 80.2 Å². The van der Waals surface area contributed by atoms with E-state index in [1.165, 1.54) is 128 Å². The van der Waals surface area contributed by atoms with Gasteiger partial charge in [-0.15, -0.1) is 0 Å². The number of hydrogen-bond donors (Lipinski definition) is 3. The summed E-state index contributed by atoms with van der Waals surface area (Å²) in [7, 11) is -9.90. The molecule has 0 rings (SSSR count). The number of hydrogen-bond acceptors (Lipinski definition) is 15. The van der Waals surface area contributed by atoms with Gasteiger partial charge in [0.2, 0.25) is 0 Å². The van der Waals surface area contributed by atoms with Gasteiger partial charge >= 0.3 is 39.5 Å². The summed E-state index contributed by atoms with van der Waals surface area (Å²) in [5.41, 5.74) is 0. The second-order valence-corrected chi connectivity index (χ2v) is 29.0. The molecule has 0 fully saturated rings. The largest absolute Gasteiger partial charge is 0.472 e. The summed E-state index contributed by atoms with van der Waals surface area (Å²) < 4.78 is 68.2. The van der Waals surface area contributed by atoms with Crippen LogP contribution in [0.4, 0.5) is 0 Å². The highest BCUT2D eigenvalue weighted by Gasteiger charge is 2.30. The number of esters is 4. The van der Waals surface area contributed by atoms with Crippen LogP contribution in [0.5, 0.6) is 0 Å². The second-order valence-electron chi connectivity index (χ2n) is 26.1. The molecule has 3 N–H and O–H groups in total. The first-order valence-corrected chi connectivity index (χ1v) is 38.8. The van der Waals surface area contributed by atoms with E-state index in [1.54, 1.807) is 0 Å². The molecule has 0 aromatic carbocycles. The number of ether oxygens (including phenoxy) is 4. The Kier molecular flexibility index (Phi) is 57.6. The number of rotatable bonds is 66. The van der Waals surface area contributed by atoms with E-state index in [0.29, 0.717) is 31.6 Å². The van der Waals surface area contributed by atoms with Gasteiger partial charge in [0, 0.05) is 25.7 Å². The van der Waals surface area contributed by atoms with Crippen LogP contribution >= 0.6 is 15.6 Å². The Labute approximate surface area is 537 Å². The van der Waals surface area contributed by atoms with Crippen molar-refractivity contribution in [1.29, 1.82) is 0 Å². The van der Waals surface area contributed by atoms with Crippen LogP contribution in [-0.2, 0) is 65.4 Å². The van der Waals surface area contributed by atoms with E-state index in [2.05, 4.69) is 55.4 Å². The van der Waals surface area contributed by atoms with Gasteiger partial charge in [-0.25, -0.2) is 9.13 Å². The maximum absolute atomic E-state index is 13.0. The molecule has 19 heteroatoms. The number of unbranched alkanes of at least 4 members (excludes halogenated alkanes) is 29. The van der Waals surface area contributed by atoms with Crippen LogP contribution in [0, 0.1) is 23.7 Å². The fourth-order valence-electron chi connectivity index (χ4n) is 10.2. The van der Waals surface area contributed by atoms with Crippen LogP contribution in [0.25, 0.3) is 0 Å². The molecule has 0 spiro atoms. The minimum Gasteiger partial charge on any atom is -0.462 e. The first-order valence-electron chi connectivity index (χ1n) is 35.8. The zero-order chi connectivity index (χ0) is 65.4. The average Bonchev–Trinajstić information content (AvgIpc) is 3.70. The lowest BCUT2D eigenvalue weighted by atomic mass is 9.99. The summed E-state index contributed by atoms with van der Waals surface area (Å²) in [5, 5.41) is 10.6. The number of phosphoric acid groups is 2. The van der Waals surface area contributed by atoms with Crippen molar-refractivity contribution in [2.45, 2.75) is 356 Å². The van der Waals surface area contributed by atoms with Crippen LogP contribution in [0.1, 0.15) is 338 Å². The lowest BCUT2D eigenvalue weighted by Crippen LogP contribution is -2.30. The molecule has 0 aliphatic rings. The van der Waals surface area contributed by atoms with Gasteiger partial charge in [0.1, 0.15) is 19.3 Å². The molecule has 0 aromatic rings. The van der Waals surface area contributed by atoms with Crippen molar-refractivity contribution in [3.05, 3.63) is 0 Å². The lowest BCUT2D eigenvalue weighted by Gasteiger charge is -2.21. The number of carbonyl (C=O) groups is 4. The second kappa shape index (κ2) is 58.8. The topological polar surface area (TPSA) is 237 Å². The molecular weight excluding hydrogens is 1160 g/mol. The third kappa shape index (κ3) is 59.1. The molecular formula is C69H134O17P2. The molecule has 17 nitrogen and oxygen atoms in total. The normalized spacial score (nSPS) is 15.2. The highest BCUT2D eigenvalue weighted by Crippen LogP contribution is 2.45. The minimum atomic E-state index is -4.95. The third-order valence-corrected chi connectivity index (χ3v) is 18.8. The zero-order valence-corrected chi connectivity index (χ0v) is 59.1. The molecule has 5 unspecified atom stereocenters. The predicted octanol–water partition coefficient (Wildman–Crippen LogP) is 19.3. The van der Waals surface area contributed by atoms with Gasteiger partial charge in [-0.2, -0.15) is 0 Å². The fourth-order valence-corrected chi connectivity index (χ4v) is 11.8. The van der Waals surface area contributed by atoms with Gasteiger partial charge < -0.3 is 33.8 Å². The quantitative estimate of drug-likeness (QED) is 0.0222. The van der Waals surface area contributed by atoms with Crippen molar-refractivity contribution in [2.24, 2.45) is 23.7 Å². The third-order valence-electron chi connectivity index (χ3n) is 16.9. The van der Waals surface area contributed by atoms with Crippen LogP contribution in [0.3, 0.4) is 0 Å². The molecule has 0 saturated carbocycles. The lowest BCUT2D eigenvalue weighted by molar-refractivity contribution is -0.161. The van der Waals surface area contributed by atoms with Gasteiger partial charge in [0.25, 0.3) is 0 Å². The Morgan fingerprint density at radius 1 is 0.318 bits per heavy atom. The Hall–Kier alpha value is -1.94. The van der Waals surface area contributed by atoms with Crippen molar-refractivity contribution >= 4 is 39.5 Å². The first kappa shape index (κ1) is 86.1. The van der Waals surface area contributed by atoms with Gasteiger partial charge in [-0.3, -0.25) is 37.3 Å². The number of aliphatic hydroxyl groups is 1. The minimum absolute atomic E-state index is 0.102. The first-order chi connectivity index (χ1) is 42.2. The van der Waals surface area contributed by atoms with E-state index < -0.39 is 97.5 Å². The summed E-state index contributed by atoms with van der Waals surface area (Å²) in [6.07, 6.45) is 40.4. The molecule has 0 aliphatic carbocycles. The van der Waals surface area contributed by atoms with E-state index in [9.17, 15) is 43.2 Å². The molecule has 88 heavy (non-hydrogen) atoms. The van der Waals surface area contributed by atoms with Crippen LogP contribution in [-0.4, -0.2) is 96.7 Å². The van der Waals surface area contributed by atoms with E-state index >= 15 is 0 Å². The van der Waals surface area contributed by atoms with Gasteiger partial charge in [0.05, 0.1) is 26.4 Å². The van der Waals surface area contributed by atoms with Crippen molar-refractivity contribution in [1.82, 2.24) is 0 Å². The summed E-state index contributed by atoms with van der Waals surface area (Å²) >= 11 is 0. The van der Waals surface area contributed by atoms with Crippen molar-refractivity contribution in [3.8, 4) is 0 Å². The summed E-state index contributed by atoms with van der Waals surface area (Å²) in [6, 6.07) is 0. The maximum Gasteiger partial charge on any atom is 0.472 e. The van der Waals surface area contributed by atoms with E-state index in [4.69, 9.17) is 37.0 Å². The Balaban J connectivity index is 5.22. The summed E-state index contributed by atoms with van der Waals surface area (Å²) in [6.45, 7) is 14.0. The van der Waals surface area contributed by atoms with E-state index in [0.717, 1.165) is 120 Å². The fraction of sp³-hybridized carbons (Fsp3) is 0.942. The summed E-state index contributed by atoms with van der Waals surface area (Å²) in [5.74, 6) is 0.868. The molecule has 0 saturated heterocycles. The average molecular weight is 1300 g/mol. The highest BCUT2D eigenvalue weighted by atomic mass is 31.2. The Morgan fingerprint density at radius 3 is 0.807 bits per heavy atom. The van der Waals surface area contributed by atoms with Gasteiger partial charge in [-0.1, -0.05) is 287 Å². The monoisotopic (exact) mass is 1300 g/mol. The van der Waals surface area contributed by atoms with Gasteiger partial charge in [0.15, 0.2) is 12.2 Å². The van der Waals surface area contributed by atoms with Crippen molar-refractivity contribution in [3.63, 3.8) is 0 Å². The molecule has 0 aliphatic heterocycles. The molecule has 0 radical (unpaired) electrons. The molecule has 522 valence electrons. The number of aliphatic hydroxyl groups excluding tert-OH is 1. The zero-order valence-electron chi connectivity index (χ0n) is 57.3. The van der Waals surface area contributed by atoms with Crippen LogP contribution in [0.15, 0.2) is 0 Å². The SMILES string of the molecule is CCC(C)CCCCCCCCCCCCCCCCC(=O)O[C@H](COC(=O)CCCCCCCCC(C)CC)COP(=O)(O)OC[C@H](O)COP(=O)(O)OC[C@@H](COC(=O)CCCCCCCCC(C)CC)OC(=O)CCCCCCCCCC(C)C. The molecule has 8 atom stereocenters. The molecule has 0 amide bonds. The van der Waals surface area contributed by atoms with Gasteiger partial charge in [-0.05, 0) is 49.4 Å². The van der Waals surface area contributed by atoms with Crippen molar-refractivity contribution in [2.75, 3.05) is 39.6 Å². The highest BCUT2D eigenvalue weighted by molar-refractivity contribution is 7.47. The Bertz CT molecular complexity index is 1750. The maximum atomic E-state index is 13.0. The van der Waals surface area contributed by atoms with E-state index in [-0.39, 0.29) is 25.7 Å². The predicted molar refractivity (Wildman–Crippen MR) is 354 cm³/mol.